The van der Waals surface area contributed by atoms with Gasteiger partial charge in [-0.2, -0.15) is 0 Å². The summed E-state index contributed by atoms with van der Waals surface area (Å²) >= 11 is 1.41. The molecule has 1 aromatic rings. The molecule has 1 fully saturated rings. The van der Waals surface area contributed by atoms with Crippen molar-refractivity contribution >= 4 is 28.2 Å². The molecule has 102 valence electrons. The van der Waals surface area contributed by atoms with E-state index in [9.17, 15) is 14.0 Å². The molecule has 0 radical (unpaired) electrons. The number of carbonyl (C=O) groups excluding carboxylic acids is 2. The van der Waals surface area contributed by atoms with Gasteiger partial charge < -0.3 is 11.1 Å². The van der Waals surface area contributed by atoms with Crippen LogP contribution < -0.4 is 11.1 Å². The molecule has 0 bridgehead atoms. The van der Waals surface area contributed by atoms with Gasteiger partial charge in [0.25, 0.3) is 5.91 Å². The highest BCUT2D eigenvalue weighted by Crippen LogP contribution is 2.40. The van der Waals surface area contributed by atoms with Crippen LogP contribution in [0.3, 0.4) is 0 Å². The molecule has 2 atom stereocenters. The lowest BCUT2D eigenvalue weighted by Gasteiger charge is -2.11. The quantitative estimate of drug-likeness (QED) is 0.890. The lowest BCUT2D eigenvalue weighted by atomic mass is 9.95. The standard InChI is InChI=1S/C13H15FN2O2S/c14-8-5-7(8)12(18)16-13-10(11(15)17)6-3-1-2-4-9(6)19-13/h7-8H,1-5H2,(H2,15,17)(H,16,18)/t7-,8-/m0/s1. The highest BCUT2D eigenvalue weighted by atomic mass is 32.1. The number of alkyl halides is 1. The summed E-state index contributed by atoms with van der Waals surface area (Å²) in [6.07, 6.45) is 3.12. The maximum absolute atomic E-state index is 12.9. The maximum Gasteiger partial charge on any atom is 0.251 e. The molecule has 0 aromatic carbocycles. The van der Waals surface area contributed by atoms with Crippen molar-refractivity contribution in [1.29, 1.82) is 0 Å². The first-order chi connectivity index (χ1) is 9.08. The van der Waals surface area contributed by atoms with E-state index in [1.54, 1.807) is 0 Å². The fourth-order valence-corrected chi connectivity index (χ4v) is 3.85. The first-order valence-corrected chi connectivity index (χ1v) is 7.29. The summed E-state index contributed by atoms with van der Waals surface area (Å²) < 4.78 is 12.9. The van der Waals surface area contributed by atoms with E-state index in [-0.39, 0.29) is 12.3 Å². The average molecular weight is 282 g/mol. The molecule has 3 N–H and O–H groups in total. The first-order valence-electron chi connectivity index (χ1n) is 6.47. The topological polar surface area (TPSA) is 72.2 Å². The third-order valence-corrected chi connectivity index (χ3v) is 4.91. The molecule has 19 heavy (non-hydrogen) atoms. The highest BCUT2D eigenvalue weighted by Gasteiger charge is 2.44. The van der Waals surface area contributed by atoms with Crippen molar-refractivity contribution in [2.75, 3.05) is 5.32 Å². The molecular weight excluding hydrogens is 267 g/mol. The molecule has 0 unspecified atom stereocenters. The van der Waals surface area contributed by atoms with Gasteiger partial charge in [0.2, 0.25) is 5.91 Å². The van der Waals surface area contributed by atoms with E-state index in [2.05, 4.69) is 5.32 Å². The van der Waals surface area contributed by atoms with Crippen molar-refractivity contribution in [1.82, 2.24) is 0 Å². The number of carbonyl (C=O) groups is 2. The summed E-state index contributed by atoms with van der Waals surface area (Å²) in [5.74, 6) is -1.41. The van der Waals surface area contributed by atoms with Crippen LogP contribution in [-0.4, -0.2) is 18.0 Å². The Hall–Kier alpha value is -1.43. The van der Waals surface area contributed by atoms with Crippen molar-refractivity contribution in [3.05, 3.63) is 16.0 Å². The molecule has 0 spiro atoms. The number of anilines is 1. The van der Waals surface area contributed by atoms with Crippen LogP contribution in [-0.2, 0) is 17.6 Å². The lowest BCUT2D eigenvalue weighted by Crippen LogP contribution is -2.19. The number of nitrogens with one attached hydrogen (secondary N) is 1. The van der Waals surface area contributed by atoms with Crippen LogP contribution in [0.5, 0.6) is 0 Å². The van der Waals surface area contributed by atoms with Crippen LogP contribution in [0.15, 0.2) is 0 Å². The van der Waals surface area contributed by atoms with Crippen molar-refractivity contribution in [3.63, 3.8) is 0 Å². The summed E-state index contributed by atoms with van der Waals surface area (Å²) in [6.45, 7) is 0. The average Bonchev–Trinajstić information content (AvgIpc) is 2.98. The zero-order valence-corrected chi connectivity index (χ0v) is 11.2. The second-order valence-electron chi connectivity index (χ2n) is 5.13. The summed E-state index contributed by atoms with van der Waals surface area (Å²) in [6, 6.07) is 0. The van der Waals surface area contributed by atoms with Crippen molar-refractivity contribution in [2.45, 2.75) is 38.3 Å². The van der Waals surface area contributed by atoms with Crippen LogP contribution >= 0.6 is 11.3 Å². The zero-order chi connectivity index (χ0) is 13.6. The van der Waals surface area contributed by atoms with Crippen LogP contribution in [0.2, 0.25) is 0 Å². The number of rotatable bonds is 3. The fourth-order valence-electron chi connectivity index (χ4n) is 2.55. The van der Waals surface area contributed by atoms with E-state index in [4.69, 9.17) is 5.73 Å². The molecular formula is C13H15FN2O2S. The second kappa shape index (κ2) is 4.59. The molecule has 0 saturated heterocycles. The predicted octanol–water partition coefficient (Wildman–Crippen LogP) is 2.02. The number of amides is 2. The van der Waals surface area contributed by atoms with Crippen molar-refractivity contribution in [2.24, 2.45) is 11.7 Å². The Morgan fingerprint density at radius 2 is 2.00 bits per heavy atom. The van der Waals surface area contributed by atoms with Gasteiger partial charge in [0, 0.05) is 4.88 Å². The van der Waals surface area contributed by atoms with Gasteiger partial charge in [-0.1, -0.05) is 0 Å². The Morgan fingerprint density at radius 3 is 2.63 bits per heavy atom. The number of halogens is 1. The molecule has 2 aliphatic rings. The number of primary amides is 1. The van der Waals surface area contributed by atoms with Crippen LogP contribution in [0.25, 0.3) is 0 Å². The molecule has 4 nitrogen and oxygen atoms in total. The minimum atomic E-state index is -1.04. The minimum Gasteiger partial charge on any atom is -0.365 e. The summed E-state index contributed by atoms with van der Waals surface area (Å²) in [4.78, 5) is 24.5. The van der Waals surface area contributed by atoms with E-state index in [1.807, 2.05) is 0 Å². The Balaban J connectivity index is 1.89. The van der Waals surface area contributed by atoms with Crippen LogP contribution in [0.1, 0.15) is 40.1 Å². The molecule has 1 saturated carbocycles. The van der Waals surface area contributed by atoms with Crippen molar-refractivity contribution in [3.8, 4) is 0 Å². The molecule has 0 aliphatic heterocycles. The van der Waals surface area contributed by atoms with Gasteiger partial charge in [0.15, 0.2) is 0 Å². The van der Waals surface area contributed by atoms with E-state index in [0.717, 1.165) is 36.1 Å². The van der Waals surface area contributed by atoms with E-state index in [0.29, 0.717) is 10.6 Å². The Kier molecular flexibility index (Phi) is 3.05. The fraction of sp³-hybridized carbons (Fsp3) is 0.538. The molecule has 1 heterocycles. The first kappa shape index (κ1) is 12.6. The number of nitrogens with two attached hydrogens (primary N) is 1. The van der Waals surface area contributed by atoms with E-state index < -0.39 is 18.0 Å². The smallest absolute Gasteiger partial charge is 0.251 e. The molecule has 1 aromatic heterocycles. The lowest BCUT2D eigenvalue weighted by molar-refractivity contribution is -0.117. The van der Waals surface area contributed by atoms with Crippen molar-refractivity contribution < 1.29 is 14.0 Å². The normalized spacial score (nSPS) is 24.7. The summed E-state index contributed by atoms with van der Waals surface area (Å²) in [5.41, 5.74) is 6.83. The third-order valence-electron chi connectivity index (χ3n) is 3.70. The Morgan fingerprint density at radius 1 is 1.32 bits per heavy atom. The molecule has 2 amide bonds. The zero-order valence-electron chi connectivity index (χ0n) is 10.4. The number of aryl methyl sites for hydroxylation is 1. The molecule has 6 heteroatoms. The van der Waals surface area contributed by atoms with E-state index >= 15 is 0 Å². The molecule has 3 rings (SSSR count). The Bertz CT molecular complexity index is 555. The van der Waals surface area contributed by atoms with Crippen LogP contribution in [0.4, 0.5) is 9.39 Å². The van der Waals surface area contributed by atoms with E-state index in [1.165, 1.54) is 11.3 Å². The largest absolute Gasteiger partial charge is 0.365 e. The second-order valence-corrected chi connectivity index (χ2v) is 6.23. The predicted molar refractivity (Wildman–Crippen MR) is 71.1 cm³/mol. The van der Waals surface area contributed by atoms with Gasteiger partial charge in [0.05, 0.1) is 11.5 Å². The SMILES string of the molecule is NC(=O)c1c(NC(=O)[C@H]2C[C@@H]2F)sc2c1CCCC2. The summed E-state index contributed by atoms with van der Waals surface area (Å²) in [7, 11) is 0. The Labute approximate surface area is 114 Å². The van der Waals surface area contributed by atoms with Gasteiger partial charge in [0.1, 0.15) is 11.2 Å². The number of thiophene rings is 1. The number of hydrogen-bond acceptors (Lipinski definition) is 3. The van der Waals surface area contributed by atoms with Gasteiger partial charge in [-0.3, -0.25) is 9.59 Å². The molecule has 2 aliphatic carbocycles. The number of fused-ring (bicyclic) bond motifs is 1. The third kappa shape index (κ3) is 2.25. The van der Waals surface area contributed by atoms with Gasteiger partial charge >= 0.3 is 0 Å². The monoisotopic (exact) mass is 282 g/mol. The van der Waals surface area contributed by atoms with Crippen LogP contribution in [0, 0.1) is 5.92 Å². The maximum atomic E-state index is 12.9. The minimum absolute atomic E-state index is 0.281. The number of hydrogen-bond donors (Lipinski definition) is 2. The van der Waals surface area contributed by atoms with Gasteiger partial charge in [-0.05, 0) is 37.7 Å². The van der Waals surface area contributed by atoms with Gasteiger partial charge in [-0.25, -0.2) is 4.39 Å². The highest BCUT2D eigenvalue weighted by molar-refractivity contribution is 7.17. The summed E-state index contributed by atoms with van der Waals surface area (Å²) in [5, 5.41) is 3.18. The van der Waals surface area contributed by atoms with Gasteiger partial charge in [-0.15, -0.1) is 11.3 Å².